The van der Waals surface area contributed by atoms with E-state index in [1.807, 2.05) is 0 Å². The Morgan fingerprint density at radius 1 is 1.18 bits per heavy atom. The van der Waals surface area contributed by atoms with Gasteiger partial charge in [0.25, 0.3) is 0 Å². The van der Waals surface area contributed by atoms with Crippen LogP contribution in [0.1, 0.15) is 11.5 Å². The molecule has 1 aromatic carbocycles. The molecule has 0 saturated heterocycles. The summed E-state index contributed by atoms with van der Waals surface area (Å²) in [5.74, 6) is -0.859. The van der Waals surface area contributed by atoms with Gasteiger partial charge < -0.3 is 5.73 Å². The number of hydrogen-bond acceptors (Lipinski definition) is 3. The summed E-state index contributed by atoms with van der Waals surface area (Å²) in [7, 11) is 0. The maximum atomic E-state index is 13.6. The third-order valence-electron chi connectivity index (χ3n) is 2.32. The molecule has 2 N–H and O–H groups in total. The minimum atomic E-state index is -0.647. The topological polar surface area (TPSA) is 51.8 Å². The maximum absolute atomic E-state index is 13.6. The van der Waals surface area contributed by atoms with Gasteiger partial charge in [0.15, 0.2) is 0 Å². The van der Waals surface area contributed by atoms with Gasteiger partial charge in [-0.05, 0) is 25.1 Å². The van der Waals surface area contributed by atoms with Crippen LogP contribution in [0.3, 0.4) is 0 Å². The van der Waals surface area contributed by atoms with Crippen LogP contribution >= 0.6 is 0 Å². The highest BCUT2D eigenvalue weighted by Gasteiger charge is 2.13. The first kappa shape index (κ1) is 11.6. The summed E-state index contributed by atoms with van der Waals surface area (Å²) in [6.07, 6.45) is 0. The molecule has 0 aliphatic rings. The average molecular weight is 235 g/mol. The molecular formula is C12H11F2N3. The first-order valence-corrected chi connectivity index (χ1v) is 5.11. The van der Waals surface area contributed by atoms with E-state index in [1.165, 1.54) is 24.3 Å². The zero-order chi connectivity index (χ0) is 12.4. The van der Waals surface area contributed by atoms with E-state index in [0.717, 1.165) is 0 Å². The van der Waals surface area contributed by atoms with Gasteiger partial charge in [0.2, 0.25) is 0 Å². The molecule has 0 aliphatic heterocycles. The summed E-state index contributed by atoms with van der Waals surface area (Å²) >= 11 is 0. The zero-order valence-electron chi connectivity index (χ0n) is 9.24. The molecule has 0 radical (unpaired) electrons. The second-order valence-electron chi connectivity index (χ2n) is 3.59. The molecule has 88 valence electrons. The summed E-state index contributed by atoms with van der Waals surface area (Å²) < 4.78 is 27.1. The molecule has 1 heterocycles. The maximum Gasteiger partial charge on any atom is 0.135 e. The molecule has 2 rings (SSSR count). The Morgan fingerprint density at radius 3 is 2.41 bits per heavy atom. The Hall–Kier alpha value is -1.88. The predicted octanol–water partition coefficient (Wildman–Crippen LogP) is 2.19. The van der Waals surface area contributed by atoms with Gasteiger partial charge in [0, 0.05) is 6.54 Å². The van der Waals surface area contributed by atoms with E-state index in [9.17, 15) is 8.78 Å². The van der Waals surface area contributed by atoms with Gasteiger partial charge in [0.05, 0.1) is 17.0 Å². The third-order valence-corrected chi connectivity index (χ3v) is 2.32. The van der Waals surface area contributed by atoms with Crippen molar-refractivity contribution in [3.8, 4) is 11.3 Å². The number of nitrogens with zero attached hydrogens (tertiary/aromatic N) is 2. The summed E-state index contributed by atoms with van der Waals surface area (Å²) in [5.41, 5.74) is 6.09. The fourth-order valence-electron chi connectivity index (χ4n) is 1.60. The van der Waals surface area contributed by atoms with E-state index in [1.54, 1.807) is 6.92 Å². The Kier molecular flexibility index (Phi) is 3.10. The normalized spacial score (nSPS) is 10.6. The number of rotatable bonds is 2. The van der Waals surface area contributed by atoms with Crippen molar-refractivity contribution in [2.45, 2.75) is 13.5 Å². The van der Waals surface area contributed by atoms with Crippen LogP contribution in [0.2, 0.25) is 0 Å². The summed E-state index contributed by atoms with van der Waals surface area (Å²) in [6.45, 7) is 1.86. The SMILES string of the molecule is Cc1nc(CN)cc(-c2c(F)cccc2F)n1. The number of halogens is 2. The molecule has 0 saturated carbocycles. The monoisotopic (exact) mass is 235 g/mol. The zero-order valence-corrected chi connectivity index (χ0v) is 9.24. The Balaban J connectivity index is 2.64. The van der Waals surface area contributed by atoms with Crippen LogP contribution in [0.4, 0.5) is 8.78 Å². The minimum Gasteiger partial charge on any atom is -0.325 e. The summed E-state index contributed by atoms with van der Waals surface area (Å²) in [5, 5.41) is 0. The molecule has 2 aromatic rings. The van der Waals surface area contributed by atoms with E-state index >= 15 is 0 Å². The highest BCUT2D eigenvalue weighted by Crippen LogP contribution is 2.24. The molecule has 3 nitrogen and oxygen atoms in total. The Labute approximate surface area is 97.3 Å². The highest BCUT2D eigenvalue weighted by atomic mass is 19.1. The lowest BCUT2D eigenvalue weighted by atomic mass is 10.1. The van der Waals surface area contributed by atoms with Crippen molar-refractivity contribution in [2.75, 3.05) is 0 Å². The molecule has 0 bridgehead atoms. The van der Waals surface area contributed by atoms with E-state index in [4.69, 9.17) is 5.73 Å². The first-order chi connectivity index (χ1) is 8.11. The van der Waals surface area contributed by atoms with Crippen LogP contribution < -0.4 is 5.73 Å². The van der Waals surface area contributed by atoms with Crippen molar-refractivity contribution < 1.29 is 8.78 Å². The predicted molar refractivity (Wildman–Crippen MR) is 60.0 cm³/mol. The fraction of sp³-hybridized carbons (Fsp3) is 0.167. The van der Waals surface area contributed by atoms with Gasteiger partial charge in [0.1, 0.15) is 17.5 Å². The van der Waals surface area contributed by atoms with Gasteiger partial charge in [-0.1, -0.05) is 6.07 Å². The van der Waals surface area contributed by atoms with Gasteiger partial charge >= 0.3 is 0 Å². The number of aryl methyl sites for hydroxylation is 1. The second kappa shape index (κ2) is 4.55. The quantitative estimate of drug-likeness (QED) is 0.868. The van der Waals surface area contributed by atoms with Gasteiger partial charge in [-0.15, -0.1) is 0 Å². The van der Waals surface area contributed by atoms with Gasteiger partial charge in [-0.25, -0.2) is 18.7 Å². The molecule has 0 aliphatic carbocycles. The lowest BCUT2D eigenvalue weighted by Gasteiger charge is -2.06. The summed E-state index contributed by atoms with van der Waals surface area (Å²) in [6, 6.07) is 5.19. The molecule has 17 heavy (non-hydrogen) atoms. The molecule has 1 aromatic heterocycles. The van der Waals surface area contributed by atoms with Crippen LogP contribution in [0, 0.1) is 18.6 Å². The van der Waals surface area contributed by atoms with E-state index in [0.29, 0.717) is 11.5 Å². The van der Waals surface area contributed by atoms with E-state index < -0.39 is 11.6 Å². The van der Waals surface area contributed by atoms with Crippen LogP contribution in [0.5, 0.6) is 0 Å². The van der Waals surface area contributed by atoms with E-state index in [-0.39, 0.29) is 17.8 Å². The highest BCUT2D eigenvalue weighted by molar-refractivity contribution is 5.61. The molecule has 5 heteroatoms. The molecule has 0 amide bonds. The van der Waals surface area contributed by atoms with Crippen molar-refractivity contribution >= 4 is 0 Å². The van der Waals surface area contributed by atoms with Gasteiger partial charge in [-0.3, -0.25) is 0 Å². The van der Waals surface area contributed by atoms with Crippen LogP contribution in [0.25, 0.3) is 11.3 Å². The number of nitrogens with two attached hydrogens (primary N) is 1. The lowest BCUT2D eigenvalue weighted by molar-refractivity contribution is 0.588. The van der Waals surface area contributed by atoms with Gasteiger partial charge in [-0.2, -0.15) is 0 Å². The Bertz CT molecular complexity index is 535. The van der Waals surface area contributed by atoms with Crippen molar-refractivity contribution in [2.24, 2.45) is 5.73 Å². The van der Waals surface area contributed by atoms with Crippen molar-refractivity contribution in [1.29, 1.82) is 0 Å². The molecule has 0 spiro atoms. The van der Waals surface area contributed by atoms with Crippen LogP contribution in [-0.4, -0.2) is 9.97 Å². The molecule has 0 unspecified atom stereocenters. The average Bonchev–Trinajstić information content (AvgIpc) is 2.28. The largest absolute Gasteiger partial charge is 0.325 e. The standard InChI is InChI=1S/C12H11F2N3/c1-7-16-8(6-15)5-11(17-7)12-9(13)3-2-4-10(12)14/h2-5H,6,15H2,1H3. The number of hydrogen-bond donors (Lipinski definition) is 1. The smallest absolute Gasteiger partial charge is 0.135 e. The number of benzene rings is 1. The van der Waals surface area contributed by atoms with Crippen molar-refractivity contribution in [1.82, 2.24) is 9.97 Å². The van der Waals surface area contributed by atoms with E-state index in [2.05, 4.69) is 9.97 Å². The first-order valence-electron chi connectivity index (χ1n) is 5.11. The third kappa shape index (κ3) is 2.29. The molecular weight excluding hydrogens is 224 g/mol. The fourth-order valence-corrected chi connectivity index (χ4v) is 1.60. The molecule has 0 atom stereocenters. The van der Waals surface area contributed by atoms with Crippen LogP contribution in [-0.2, 0) is 6.54 Å². The van der Waals surface area contributed by atoms with Crippen LogP contribution in [0.15, 0.2) is 24.3 Å². The second-order valence-corrected chi connectivity index (χ2v) is 3.59. The molecule has 0 fully saturated rings. The van der Waals surface area contributed by atoms with Crippen molar-refractivity contribution in [3.05, 3.63) is 47.4 Å². The summed E-state index contributed by atoms with van der Waals surface area (Å²) in [4.78, 5) is 8.08. The minimum absolute atomic E-state index is 0.146. The Morgan fingerprint density at radius 2 is 1.82 bits per heavy atom. The van der Waals surface area contributed by atoms with Crippen molar-refractivity contribution in [3.63, 3.8) is 0 Å². The number of aromatic nitrogens is 2. The lowest BCUT2D eigenvalue weighted by Crippen LogP contribution is -2.04.